The van der Waals surface area contributed by atoms with E-state index in [0.29, 0.717) is 18.7 Å². The smallest absolute Gasteiger partial charge is 0.251 e. The van der Waals surface area contributed by atoms with Crippen LogP contribution >= 0.6 is 0 Å². The zero-order valence-electron chi connectivity index (χ0n) is 15.5. The molecule has 1 aromatic heterocycles. The minimum atomic E-state index is -0.259. The number of carbonyl (C=O) groups excluding carboxylic acids is 1. The average Bonchev–Trinajstić information content (AvgIpc) is 3.06. The molecule has 3 aromatic carbocycles. The summed E-state index contributed by atoms with van der Waals surface area (Å²) in [6.07, 6.45) is 0. The molecule has 4 nitrogen and oxygen atoms in total. The maximum Gasteiger partial charge on any atom is 0.251 e. The van der Waals surface area contributed by atoms with Gasteiger partial charge in [0.25, 0.3) is 5.91 Å². The first-order valence-electron chi connectivity index (χ1n) is 9.13. The molecule has 1 heterocycles. The predicted octanol–water partition coefficient (Wildman–Crippen LogP) is 4.46. The van der Waals surface area contributed by atoms with E-state index in [4.69, 9.17) is 0 Å². The monoisotopic (exact) mass is 373 g/mol. The highest BCUT2D eigenvalue weighted by Crippen LogP contribution is 2.18. The summed E-state index contributed by atoms with van der Waals surface area (Å²) < 4.78 is 15.3. The number of nitrogens with one attached hydrogen (secondary N) is 1. The quantitative estimate of drug-likeness (QED) is 0.561. The molecule has 140 valence electrons. The molecule has 1 N–H and O–H groups in total. The van der Waals surface area contributed by atoms with Gasteiger partial charge in [-0.15, -0.1) is 0 Å². The molecule has 0 aliphatic rings. The Morgan fingerprint density at radius 3 is 2.46 bits per heavy atom. The van der Waals surface area contributed by atoms with Gasteiger partial charge in [-0.25, -0.2) is 9.37 Å². The summed E-state index contributed by atoms with van der Waals surface area (Å²) >= 11 is 0. The van der Waals surface area contributed by atoms with E-state index in [9.17, 15) is 9.18 Å². The van der Waals surface area contributed by atoms with E-state index in [1.807, 2.05) is 55.5 Å². The fraction of sp³-hybridized carbons (Fsp3) is 0.130. The molecule has 0 saturated carbocycles. The highest BCUT2D eigenvalue weighted by Gasteiger charge is 2.13. The lowest BCUT2D eigenvalue weighted by molar-refractivity contribution is 0.0949. The van der Waals surface area contributed by atoms with E-state index in [1.165, 1.54) is 12.1 Å². The van der Waals surface area contributed by atoms with Crippen molar-refractivity contribution in [3.63, 3.8) is 0 Å². The van der Waals surface area contributed by atoms with Crippen LogP contribution in [0.4, 0.5) is 4.39 Å². The fourth-order valence-corrected chi connectivity index (χ4v) is 3.18. The number of hydrogen-bond acceptors (Lipinski definition) is 2. The molecule has 0 atom stereocenters. The largest absolute Gasteiger partial charge is 0.345 e. The maximum absolute atomic E-state index is 13.2. The number of imidazole rings is 1. The number of halogens is 1. The van der Waals surface area contributed by atoms with Crippen molar-refractivity contribution in [2.24, 2.45) is 0 Å². The molecule has 1 amide bonds. The van der Waals surface area contributed by atoms with Crippen LogP contribution in [-0.4, -0.2) is 15.5 Å². The van der Waals surface area contributed by atoms with E-state index >= 15 is 0 Å². The molecule has 0 fully saturated rings. The highest BCUT2D eigenvalue weighted by atomic mass is 19.1. The number of aromatic nitrogens is 2. The number of aryl methyl sites for hydroxylation is 1. The molecule has 4 rings (SSSR count). The molecule has 28 heavy (non-hydrogen) atoms. The van der Waals surface area contributed by atoms with Crippen LogP contribution in [0.2, 0.25) is 0 Å². The van der Waals surface area contributed by atoms with Crippen LogP contribution in [0, 0.1) is 12.7 Å². The van der Waals surface area contributed by atoms with Gasteiger partial charge in [-0.05, 0) is 48.9 Å². The Hall–Kier alpha value is -3.47. The first kappa shape index (κ1) is 17.9. The molecule has 0 unspecified atom stereocenters. The Balaban J connectivity index is 1.60. The van der Waals surface area contributed by atoms with E-state index in [2.05, 4.69) is 14.9 Å². The predicted molar refractivity (Wildman–Crippen MR) is 108 cm³/mol. The van der Waals surface area contributed by atoms with E-state index in [1.54, 1.807) is 12.1 Å². The lowest BCUT2D eigenvalue weighted by atomic mass is 10.1. The number of para-hydroxylation sites is 2. The van der Waals surface area contributed by atoms with Gasteiger partial charge in [0.2, 0.25) is 0 Å². The van der Waals surface area contributed by atoms with Crippen LogP contribution in [0.3, 0.4) is 0 Å². The second-order valence-electron chi connectivity index (χ2n) is 6.78. The van der Waals surface area contributed by atoms with E-state index < -0.39 is 0 Å². The summed E-state index contributed by atoms with van der Waals surface area (Å²) in [4.78, 5) is 17.1. The molecule has 5 heteroatoms. The van der Waals surface area contributed by atoms with Crippen molar-refractivity contribution < 1.29 is 9.18 Å². The lowest BCUT2D eigenvalue weighted by Crippen LogP contribution is -2.24. The second kappa shape index (κ2) is 7.64. The van der Waals surface area contributed by atoms with Crippen LogP contribution in [-0.2, 0) is 13.1 Å². The van der Waals surface area contributed by atoms with Crippen molar-refractivity contribution in [2.45, 2.75) is 20.0 Å². The highest BCUT2D eigenvalue weighted by molar-refractivity contribution is 5.94. The van der Waals surface area contributed by atoms with Crippen molar-refractivity contribution in [1.82, 2.24) is 14.9 Å². The van der Waals surface area contributed by atoms with Gasteiger partial charge in [0.1, 0.15) is 11.6 Å². The van der Waals surface area contributed by atoms with Crippen LogP contribution in [0.1, 0.15) is 27.3 Å². The number of hydrogen-bond donors (Lipinski definition) is 1. The number of rotatable bonds is 5. The standard InChI is InChI=1S/C23H20FN3O/c1-16-6-10-18(11-7-16)23(28)25-14-22-26-20-4-2-3-5-21(20)27(22)15-17-8-12-19(24)13-9-17/h2-13H,14-15H2,1H3,(H,25,28). The van der Waals surface area contributed by atoms with Gasteiger partial charge in [0.15, 0.2) is 0 Å². The number of nitrogens with zero attached hydrogens (tertiary/aromatic N) is 2. The van der Waals surface area contributed by atoms with Crippen LogP contribution in [0.25, 0.3) is 11.0 Å². The van der Waals surface area contributed by atoms with Gasteiger partial charge < -0.3 is 9.88 Å². The topological polar surface area (TPSA) is 46.9 Å². The summed E-state index contributed by atoms with van der Waals surface area (Å²) in [6, 6.07) is 21.7. The third-order valence-corrected chi connectivity index (χ3v) is 4.71. The first-order valence-corrected chi connectivity index (χ1v) is 9.13. The van der Waals surface area contributed by atoms with Crippen LogP contribution in [0.5, 0.6) is 0 Å². The Morgan fingerprint density at radius 2 is 1.71 bits per heavy atom. The van der Waals surface area contributed by atoms with Gasteiger partial charge in [0, 0.05) is 12.1 Å². The number of fused-ring (bicyclic) bond motifs is 1. The zero-order chi connectivity index (χ0) is 19.5. The van der Waals surface area contributed by atoms with Crippen molar-refractivity contribution >= 4 is 16.9 Å². The Bertz CT molecular complexity index is 1120. The molecule has 0 aliphatic carbocycles. The molecule has 0 saturated heterocycles. The minimum absolute atomic E-state index is 0.139. The molecule has 0 aliphatic heterocycles. The number of carbonyl (C=O) groups is 1. The third-order valence-electron chi connectivity index (χ3n) is 4.71. The van der Waals surface area contributed by atoms with Gasteiger partial charge in [-0.3, -0.25) is 4.79 Å². The van der Waals surface area contributed by atoms with Gasteiger partial charge in [-0.1, -0.05) is 42.0 Å². The summed E-state index contributed by atoms with van der Waals surface area (Å²) in [5, 5.41) is 2.95. The van der Waals surface area contributed by atoms with Gasteiger partial charge >= 0.3 is 0 Å². The van der Waals surface area contributed by atoms with Gasteiger partial charge in [-0.2, -0.15) is 0 Å². The Kier molecular flexibility index (Phi) is 4.89. The molecule has 0 bridgehead atoms. The van der Waals surface area contributed by atoms with Crippen molar-refractivity contribution in [3.05, 3.63) is 101 Å². The van der Waals surface area contributed by atoms with Gasteiger partial charge in [0.05, 0.1) is 17.6 Å². The second-order valence-corrected chi connectivity index (χ2v) is 6.78. The Morgan fingerprint density at radius 1 is 1.00 bits per heavy atom. The summed E-state index contributed by atoms with van der Waals surface area (Å²) in [6.45, 7) is 2.85. The molecule has 4 aromatic rings. The molecular weight excluding hydrogens is 353 g/mol. The van der Waals surface area contributed by atoms with Crippen molar-refractivity contribution in [2.75, 3.05) is 0 Å². The molecular formula is C23H20FN3O. The number of amides is 1. The Labute approximate surface area is 162 Å². The summed E-state index contributed by atoms with van der Waals surface area (Å²) in [5.74, 6) is 0.358. The molecule has 0 spiro atoms. The lowest BCUT2D eigenvalue weighted by Gasteiger charge is -2.11. The maximum atomic E-state index is 13.2. The SMILES string of the molecule is Cc1ccc(C(=O)NCc2nc3ccccc3n2Cc2ccc(F)cc2)cc1. The summed E-state index contributed by atoms with van der Waals surface area (Å²) in [5.41, 5.74) is 4.54. The average molecular weight is 373 g/mol. The normalized spacial score (nSPS) is 10.9. The first-order chi connectivity index (χ1) is 13.6. The van der Waals surface area contributed by atoms with Crippen molar-refractivity contribution in [3.8, 4) is 0 Å². The summed E-state index contributed by atoms with van der Waals surface area (Å²) in [7, 11) is 0. The number of benzene rings is 3. The van der Waals surface area contributed by atoms with E-state index in [-0.39, 0.29) is 11.7 Å². The van der Waals surface area contributed by atoms with Crippen molar-refractivity contribution in [1.29, 1.82) is 0 Å². The fourth-order valence-electron chi connectivity index (χ4n) is 3.18. The van der Waals surface area contributed by atoms with E-state index in [0.717, 1.165) is 28.0 Å². The van der Waals surface area contributed by atoms with Crippen LogP contribution in [0.15, 0.2) is 72.8 Å². The minimum Gasteiger partial charge on any atom is -0.345 e. The van der Waals surface area contributed by atoms with Crippen LogP contribution < -0.4 is 5.32 Å². The zero-order valence-corrected chi connectivity index (χ0v) is 15.5. The third kappa shape index (κ3) is 3.78. The molecule has 0 radical (unpaired) electrons.